The van der Waals surface area contributed by atoms with Gasteiger partial charge in [-0.2, -0.15) is 4.31 Å². The van der Waals surface area contributed by atoms with Crippen LogP contribution in [0.5, 0.6) is 0 Å². The Morgan fingerprint density at radius 1 is 1.33 bits per heavy atom. The molecule has 0 saturated carbocycles. The molecule has 1 aliphatic rings. The Kier molecular flexibility index (Phi) is 4.26. The van der Waals surface area contributed by atoms with Gasteiger partial charge < -0.3 is 5.11 Å². The summed E-state index contributed by atoms with van der Waals surface area (Å²) in [5.74, 6) is 0. The molecule has 0 aromatic heterocycles. The topological polar surface area (TPSA) is 57.6 Å². The van der Waals surface area contributed by atoms with Gasteiger partial charge in [-0.1, -0.05) is 39.1 Å². The van der Waals surface area contributed by atoms with Crippen LogP contribution in [0.2, 0.25) is 10.0 Å². The van der Waals surface area contributed by atoms with Gasteiger partial charge in [-0.3, -0.25) is 0 Å². The fourth-order valence-electron chi connectivity index (χ4n) is 1.83. The summed E-state index contributed by atoms with van der Waals surface area (Å²) in [7, 11) is -3.76. The molecule has 1 fully saturated rings. The van der Waals surface area contributed by atoms with Gasteiger partial charge in [0.25, 0.3) is 0 Å². The lowest BCUT2D eigenvalue weighted by molar-refractivity contribution is 0.189. The zero-order chi connectivity index (χ0) is 13.5. The molecule has 0 aliphatic carbocycles. The van der Waals surface area contributed by atoms with E-state index in [4.69, 9.17) is 23.2 Å². The summed E-state index contributed by atoms with van der Waals surface area (Å²) < 4.78 is 26.5. The van der Waals surface area contributed by atoms with Crippen LogP contribution in [0.1, 0.15) is 6.42 Å². The van der Waals surface area contributed by atoms with E-state index in [0.29, 0.717) is 10.9 Å². The zero-order valence-corrected chi connectivity index (χ0v) is 13.0. The summed E-state index contributed by atoms with van der Waals surface area (Å²) in [6.07, 6.45) is -0.210. The molecule has 0 unspecified atom stereocenters. The Bertz CT molecular complexity index is 555. The predicted molar refractivity (Wildman–Crippen MR) is 73.5 cm³/mol. The van der Waals surface area contributed by atoms with Gasteiger partial charge in [-0.15, -0.1) is 0 Å². The van der Waals surface area contributed by atoms with E-state index >= 15 is 0 Å². The maximum absolute atomic E-state index is 12.4. The number of benzene rings is 1. The first-order chi connectivity index (χ1) is 8.32. The maximum Gasteiger partial charge on any atom is 0.246 e. The van der Waals surface area contributed by atoms with Crippen LogP contribution >= 0.6 is 39.1 Å². The van der Waals surface area contributed by atoms with Gasteiger partial charge in [-0.25, -0.2) is 8.42 Å². The lowest BCUT2D eigenvalue weighted by atomic mass is 10.3. The smallest absolute Gasteiger partial charge is 0.246 e. The Morgan fingerprint density at radius 2 is 1.89 bits per heavy atom. The van der Waals surface area contributed by atoms with Crippen LogP contribution in [0.4, 0.5) is 0 Å². The fourth-order valence-corrected chi connectivity index (χ4v) is 5.21. The molecular weight excluding hydrogens is 365 g/mol. The summed E-state index contributed by atoms with van der Waals surface area (Å²) in [6.45, 7) is 0.345. The van der Waals surface area contributed by atoms with Crippen molar-refractivity contribution in [1.82, 2.24) is 4.31 Å². The lowest BCUT2D eigenvalue weighted by Gasteiger charge is -2.17. The van der Waals surface area contributed by atoms with Crippen LogP contribution in [0.3, 0.4) is 0 Å². The average molecular weight is 375 g/mol. The van der Waals surface area contributed by atoms with E-state index in [1.807, 2.05) is 0 Å². The van der Waals surface area contributed by atoms with Crippen LogP contribution in [0.25, 0.3) is 0 Å². The largest absolute Gasteiger partial charge is 0.392 e. The quantitative estimate of drug-likeness (QED) is 0.865. The molecular formula is C10H10BrCl2NO3S. The number of hydrogen-bond donors (Lipinski definition) is 1. The highest BCUT2D eigenvalue weighted by Crippen LogP contribution is 2.35. The minimum atomic E-state index is -3.76. The van der Waals surface area contributed by atoms with Gasteiger partial charge in [-0.05, 0) is 18.6 Å². The first-order valence-corrected chi connectivity index (χ1v) is 8.14. The molecule has 1 aromatic rings. The molecule has 1 saturated heterocycles. The van der Waals surface area contributed by atoms with Crippen LogP contribution < -0.4 is 0 Å². The molecule has 1 aromatic carbocycles. The standard InChI is InChI=1S/C10H10BrCl2NO3S/c11-6-3-8(12)10(9(13)4-6)18(16,17)14-2-1-7(15)5-14/h3-4,7,15H,1-2,5H2/t7-/m1/s1. The first-order valence-electron chi connectivity index (χ1n) is 5.15. The molecule has 0 spiro atoms. The molecule has 0 bridgehead atoms. The van der Waals surface area contributed by atoms with E-state index in [1.54, 1.807) is 0 Å². The minimum absolute atomic E-state index is 0.0655. The van der Waals surface area contributed by atoms with Crippen molar-refractivity contribution in [2.24, 2.45) is 0 Å². The van der Waals surface area contributed by atoms with Crippen molar-refractivity contribution in [2.75, 3.05) is 13.1 Å². The molecule has 1 atom stereocenters. The van der Waals surface area contributed by atoms with Gasteiger partial charge in [0.1, 0.15) is 4.90 Å². The zero-order valence-electron chi connectivity index (χ0n) is 9.11. The molecule has 2 rings (SSSR count). The summed E-state index contributed by atoms with van der Waals surface area (Å²) >= 11 is 15.1. The third-order valence-electron chi connectivity index (χ3n) is 2.69. The van der Waals surface area contributed by atoms with E-state index in [9.17, 15) is 13.5 Å². The molecule has 4 nitrogen and oxygen atoms in total. The fraction of sp³-hybridized carbons (Fsp3) is 0.400. The number of nitrogens with zero attached hydrogens (tertiary/aromatic N) is 1. The van der Waals surface area contributed by atoms with Crippen molar-refractivity contribution >= 4 is 49.2 Å². The molecule has 100 valence electrons. The summed E-state index contributed by atoms with van der Waals surface area (Å²) in [5, 5.41) is 9.54. The van der Waals surface area contributed by atoms with Gasteiger partial charge in [0.2, 0.25) is 10.0 Å². The second-order valence-corrected chi connectivity index (χ2v) is 7.61. The Labute approximate surface area is 124 Å². The van der Waals surface area contributed by atoms with Crippen LogP contribution in [-0.4, -0.2) is 37.0 Å². The van der Waals surface area contributed by atoms with Gasteiger partial charge >= 0.3 is 0 Å². The highest BCUT2D eigenvalue weighted by Gasteiger charge is 2.34. The van der Waals surface area contributed by atoms with Crippen LogP contribution in [0.15, 0.2) is 21.5 Å². The number of sulfonamides is 1. The maximum atomic E-state index is 12.4. The van der Waals surface area contributed by atoms with Crippen molar-refractivity contribution in [3.8, 4) is 0 Å². The number of β-amino-alcohol motifs (C(OH)–C–C–N with tert-alkyl or cyclic N) is 1. The molecule has 8 heteroatoms. The van der Waals surface area contributed by atoms with Crippen LogP contribution in [-0.2, 0) is 10.0 Å². The molecule has 1 N–H and O–H groups in total. The van der Waals surface area contributed by atoms with E-state index < -0.39 is 16.1 Å². The molecule has 1 heterocycles. The summed E-state index contributed by atoms with van der Waals surface area (Å²) in [5.41, 5.74) is 0. The summed E-state index contributed by atoms with van der Waals surface area (Å²) in [4.78, 5) is -0.108. The van der Waals surface area contributed by atoms with Crippen molar-refractivity contribution in [2.45, 2.75) is 17.4 Å². The Balaban J connectivity index is 2.48. The highest BCUT2D eigenvalue weighted by molar-refractivity contribution is 9.10. The first kappa shape index (κ1) is 14.6. The van der Waals surface area contributed by atoms with Gasteiger partial charge in [0, 0.05) is 17.6 Å². The normalized spacial score (nSPS) is 21.4. The number of hydrogen-bond acceptors (Lipinski definition) is 3. The molecule has 0 amide bonds. The van der Waals surface area contributed by atoms with Crippen molar-refractivity contribution in [3.05, 3.63) is 26.7 Å². The average Bonchev–Trinajstić information content (AvgIpc) is 2.63. The second kappa shape index (κ2) is 5.26. The molecule has 0 radical (unpaired) electrons. The van der Waals surface area contributed by atoms with E-state index in [2.05, 4.69) is 15.9 Å². The third-order valence-corrected chi connectivity index (χ3v) is 5.93. The second-order valence-electron chi connectivity index (χ2n) is 4.00. The van der Waals surface area contributed by atoms with E-state index in [1.165, 1.54) is 16.4 Å². The highest BCUT2D eigenvalue weighted by atomic mass is 79.9. The van der Waals surface area contributed by atoms with E-state index in [-0.39, 0.29) is 28.0 Å². The molecule has 1 aliphatic heterocycles. The van der Waals surface area contributed by atoms with E-state index in [0.717, 1.165) is 0 Å². The van der Waals surface area contributed by atoms with Gasteiger partial charge in [0.05, 0.1) is 16.1 Å². The Morgan fingerprint density at radius 3 is 2.33 bits per heavy atom. The SMILES string of the molecule is O=S(=O)(c1c(Cl)cc(Br)cc1Cl)N1CC[C@@H](O)C1. The number of halogens is 3. The van der Waals surface area contributed by atoms with Crippen molar-refractivity contribution in [1.29, 1.82) is 0 Å². The lowest BCUT2D eigenvalue weighted by Crippen LogP contribution is -2.30. The number of rotatable bonds is 2. The van der Waals surface area contributed by atoms with Gasteiger partial charge in [0.15, 0.2) is 0 Å². The Hall–Kier alpha value is 0.150. The van der Waals surface area contributed by atoms with Crippen molar-refractivity contribution in [3.63, 3.8) is 0 Å². The summed E-state index contributed by atoms with van der Waals surface area (Å²) in [6, 6.07) is 2.96. The van der Waals surface area contributed by atoms with Crippen LogP contribution in [0, 0.1) is 0 Å². The monoisotopic (exact) mass is 373 g/mol. The number of aliphatic hydroxyl groups excluding tert-OH is 1. The number of aliphatic hydroxyl groups is 1. The minimum Gasteiger partial charge on any atom is -0.392 e. The molecule has 18 heavy (non-hydrogen) atoms. The van der Waals surface area contributed by atoms with Crippen molar-refractivity contribution < 1.29 is 13.5 Å². The predicted octanol–water partition coefficient (Wildman–Crippen LogP) is 2.51. The third kappa shape index (κ3) is 2.69.